The summed E-state index contributed by atoms with van der Waals surface area (Å²) in [6.45, 7) is 4.48. The van der Waals surface area contributed by atoms with E-state index in [9.17, 15) is 9.59 Å². The molecule has 0 bridgehead atoms. The molecule has 140 valence electrons. The third kappa shape index (κ3) is 6.21. The number of hydrogen-bond acceptors (Lipinski definition) is 5. The maximum atomic E-state index is 12.5. The van der Waals surface area contributed by atoms with Crippen LogP contribution in [0.4, 0.5) is 16.3 Å². The first-order valence-electron chi connectivity index (χ1n) is 8.32. The van der Waals surface area contributed by atoms with Gasteiger partial charge in [-0.1, -0.05) is 22.9 Å². The summed E-state index contributed by atoms with van der Waals surface area (Å²) < 4.78 is 9.94. The highest BCUT2D eigenvalue weighted by Crippen LogP contribution is 2.11. The highest BCUT2D eigenvalue weighted by molar-refractivity contribution is 5.96. The Bertz CT molecular complexity index is 727. The summed E-state index contributed by atoms with van der Waals surface area (Å²) in [4.78, 5) is 26.2. The molecule has 1 aromatic carbocycles. The highest BCUT2D eigenvalue weighted by Gasteiger charge is 2.18. The third-order valence-corrected chi connectivity index (χ3v) is 3.60. The second kappa shape index (κ2) is 9.57. The number of hydrogen-bond donors (Lipinski definition) is 2. The Labute approximate surface area is 152 Å². The fourth-order valence-corrected chi connectivity index (χ4v) is 2.27. The maximum absolute atomic E-state index is 12.5. The number of nitrogens with zero attached hydrogens (tertiary/aromatic N) is 2. The summed E-state index contributed by atoms with van der Waals surface area (Å²) >= 11 is 0. The van der Waals surface area contributed by atoms with Crippen LogP contribution in [-0.4, -0.2) is 48.8 Å². The van der Waals surface area contributed by atoms with Crippen LogP contribution in [-0.2, 0) is 9.53 Å². The zero-order valence-corrected chi connectivity index (χ0v) is 15.2. The summed E-state index contributed by atoms with van der Waals surface area (Å²) in [6.07, 6.45) is 0.619. The normalized spacial score (nSPS) is 10.4. The topological polar surface area (TPSA) is 96.7 Å². The average Bonchev–Trinajstić information content (AvgIpc) is 3.01. The van der Waals surface area contributed by atoms with E-state index >= 15 is 0 Å². The van der Waals surface area contributed by atoms with Gasteiger partial charge in [0.05, 0.1) is 0 Å². The number of amides is 3. The number of aryl methyl sites for hydroxylation is 2. The van der Waals surface area contributed by atoms with E-state index in [1.165, 1.54) is 4.90 Å². The minimum atomic E-state index is -0.352. The Morgan fingerprint density at radius 2 is 1.92 bits per heavy atom. The van der Waals surface area contributed by atoms with Crippen molar-refractivity contribution in [2.75, 3.05) is 37.4 Å². The van der Waals surface area contributed by atoms with Crippen molar-refractivity contribution in [3.63, 3.8) is 0 Å². The molecule has 0 unspecified atom stereocenters. The van der Waals surface area contributed by atoms with Crippen LogP contribution >= 0.6 is 0 Å². The molecule has 1 aromatic heterocycles. The zero-order chi connectivity index (χ0) is 18.9. The Morgan fingerprint density at radius 3 is 2.54 bits per heavy atom. The number of benzene rings is 1. The molecule has 0 fully saturated rings. The molecular weight excluding hydrogens is 336 g/mol. The molecule has 8 heteroatoms. The van der Waals surface area contributed by atoms with Crippen molar-refractivity contribution >= 4 is 23.4 Å². The van der Waals surface area contributed by atoms with Crippen molar-refractivity contribution in [1.82, 2.24) is 10.1 Å². The van der Waals surface area contributed by atoms with E-state index in [4.69, 9.17) is 9.26 Å². The molecule has 0 atom stereocenters. The maximum Gasteiger partial charge on any atom is 0.322 e. The summed E-state index contributed by atoms with van der Waals surface area (Å²) in [5, 5.41) is 9.13. The average molecular weight is 360 g/mol. The van der Waals surface area contributed by atoms with E-state index in [0.717, 1.165) is 5.56 Å². The van der Waals surface area contributed by atoms with Gasteiger partial charge in [-0.3, -0.25) is 4.79 Å². The van der Waals surface area contributed by atoms with Crippen LogP contribution in [0.3, 0.4) is 0 Å². The molecule has 26 heavy (non-hydrogen) atoms. The summed E-state index contributed by atoms with van der Waals surface area (Å²) in [7, 11) is 1.59. The van der Waals surface area contributed by atoms with Crippen LogP contribution in [0.25, 0.3) is 0 Å². The van der Waals surface area contributed by atoms with Gasteiger partial charge in [0.2, 0.25) is 5.91 Å². The lowest BCUT2D eigenvalue weighted by Crippen LogP contribution is -2.41. The predicted octanol–water partition coefficient (Wildman–Crippen LogP) is 2.80. The van der Waals surface area contributed by atoms with Crippen LogP contribution < -0.4 is 10.6 Å². The lowest BCUT2D eigenvalue weighted by atomic mass is 10.2. The number of rotatable bonds is 8. The molecule has 0 aliphatic heterocycles. The standard InChI is InChI=1S/C18H24N4O4/c1-13-5-7-15(8-6-13)19-18(24)22(9-4-10-25-3)12-17(23)20-16-11-14(2)26-21-16/h5-8,11H,4,9-10,12H2,1-3H3,(H,19,24)(H,20,21,23). The van der Waals surface area contributed by atoms with Crippen molar-refractivity contribution in [3.8, 4) is 0 Å². The van der Waals surface area contributed by atoms with Crippen molar-refractivity contribution < 1.29 is 18.8 Å². The monoisotopic (exact) mass is 360 g/mol. The van der Waals surface area contributed by atoms with Crippen LogP contribution in [0.15, 0.2) is 34.9 Å². The molecule has 1 heterocycles. The number of carbonyl (C=O) groups excluding carboxylic acids is 2. The molecule has 0 aliphatic carbocycles. The van der Waals surface area contributed by atoms with Crippen molar-refractivity contribution in [1.29, 1.82) is 0 Å². The molecule has 2 rings (SSSR count). The first-order valence-corrected chi connectivity index (χ1v) is 8.32. The lowest BCUT2D eigenvalue weighted by molar-refractivity contribution is -0.116. The van der Waals surface area contributed by atoms with Gasteiger partial charge in [-0.05, 0) is 32.4 Å². The quantitative estimate of drug-likeness (QED) is 0.706. The lowest BCUT2D eigenvalue weighted by Gasteiger charge is -2.22. The van der Waals surface area contributed by atoms with Crippen molar-refractivity contribution in [2.24, 2.45) is 0 Å². The Kier molecular flexibility index (Phi) is 7.16. The van der Waals surface area contributed by atoms with Gasteiger partial charge in [0.25, 0.3) is 0 Å². The Hall–Kier alpha value is -2.87. The first kappa shape index (κ1) is 19.5. The molecule has 2 aromatic rings. The summed E-state index contributed by atoms with van der Waals surface area (Å²) in [5.41, 5.74) is 1.77. The second-order valence-corrected chi connectivity index (χ2v) is 5.94. The van der Waals surface area contributed by atoms with Gasteiger partial charge in [0.1, 0.15) is 12.3 Å². The predicted molar refractivity (Wildman–Crippen MR) is 98.1 cm³/mol. The van der Waals surface area contributed by atoms with Gasteiger partial charge in [0, 0.05) is 32.0 Å². The van der Waals surface area contributed by atoms with Gasteiger partial charge in [0.15, 0.2) is 5.82 Å². The number of carbonyl (C=O) groups is 2. The SMILES string of the molecule is COCCCN(CC(=O)Nc1cc(C)on1)C(=O)Nc1ccc(C)cc1. The molecule has 0 aliphatic rings. The summed E-state index contributed by atoms with van der Waals surface area (Å²) in [6, 6.07) is 8.71. The van der Waals surface area contributed by atoms with E-state index in [1.807, 2.05) is 31.2 Å². The molecule has 2 N–H and O–H groups in total. The first-order chi connectivity index (χ1) is 12.5. The van der Waals surface area contributed by atoms with E-state index in [2.05, 4.69) is 15.8 Å². The Balaban J connectivity index is 1.97. The van der Waals surface area contributed by atoms with E-state index < -0.39 is 0 Å². The largest absolute Gasteiger partial charge is 0.385 e. The molecule has 0 saturated heterocycles. The fraction of sp³-hybridized carbons (Fsp3) is 0.389. The van der Waals surface area contributed by atoms with Crippen molar-refractivity contribution in [3.05, 3.63) is 41.7 Å². The van der Waals surface area contributed by atoms with Crippen LogP contribution in [0.5, 0.6) is 0 Å². The fourth-order valence-electron chi connectivity index (χ4n) is 2.27. The van der Waals surface area contributed by atoms with Gasteiger partial charge in [-0.2, -0.15) is 0 Å². The Morgan fingerprint density at radius 1 is 1.19 bits per heavy atom. The molecule has 0 radical (unpaired) electrons. The van der Waals surface area contributed by atoms with Crippen LogP contribution in [0.1, 0.15) is 17.7 Å². The van der Waals surface area contributed by atoms with Crippen molar-refractivity contribution in [2.45, 2.75) is 20.3 Å². The van der Waals surface area contributed by atoms with E-state index in [1.54, 1.807) is 20.1 Å². The van der Waals surface area contributed by atoms with Gasteiger partial charge < -0.3 is 24.8 Å². The van der Waals surface area contributed by atoms with Gasteiger partial charge in [-0.15, -0.1) is 0 Å². The molecular formula is C18H24N4O4. The van der Waals surface area contributed by atoms with E-state index in [-0.39, 0.29) is 18.5 Å². The molecule has 3 amide bonds. The molecule has 8 nitrogen and oxygen atoms in total. The number of aromatic nitrogens is 1. The molecule has 0 spiro atoms. The number of anilines is 2. The van der Waals surface area contributed by atoms with Gasteiger partial charge in [-0.25, -0.2) is 4.79 Å². The van der Waals surface area contributed by atoms with Gasteiger partial charge >= 0.3 is 6.03 Å². The van der Waals surface area contributed by atoms with Crippen LogP contribution in [0.2, 0.25) is 0 Å². The minimum absolute atomic E-state index is 0.104. The second-order valence-electron chi connectivity index (χ2n) is 5.94. The number of urea groups is 1. The third-order valence-electron chi connectivity index (χ3n) is 3.60. The van der Waals surface area contributed by atoms with E-state index in [0.29, 0.717) is 36.8 Å². The molecule has 0 saturated carbocycles. The number of nitrogens with one attached hydrogen (secondary N) is 2. The smallest absolute Gasteiger partial charge is 0.322 e. The van der Waals surface area contributed by atoms with Crippen LogP contribution in [0, 0.1) is 13.8 Å². The number of ether oxygens (including phenoxy) is 1. The summed E-state index contributed by atoms with van der Waals surface area (Å²) in [5.74, 6) is 0.562. The zero-order valence-electron chi connectivity index (χ0n) is 15.2. The minimum Gasteiger partial charge on any atom is -0.385 e. The highest BCUT2D eigenvalue weighted by atomic mass is 16.5. The number of methoxy groups -OCH3 is 1.